The van der Waals surface area contributed by atoms with Crippen LogP contribution in [0.25, 0.3) is 0 Å². The third kappa shape index (κ3) is 4.23. The van der Waals surface area contributed by atoms with Gasteiger partial charge >= 0.3 is 0 Å². The average Bonchev–Trinajstić information content (AvgIpc) is 3.12. The minimum Gasteiger partial charge on any atom is -0.343 e. The van der Waals surface area contributed by atoms with Crippen LogP contribution >= 0.6 is 0 Å². The van der Waals surface area contributed by atoms with Gasteiger partial charge in [0, 0.05) is 37.3 Å². The first kappa shape index (κ1) is 18.4. The van der Waals surface area contributed by atoms with E-state index in [1.165, 1.54) is 19.3 Å². The normalized spacial score (nSPS) is 18.0. The Morgan fingerprint density at radius 3 is 2.42 bits per heavy atom. The Morgan fingerprint density at radius 1 is 1.12 bits per heavy atom. The molecule has 1 saturated heterocycles. The fraction of sp³-hybridized carbons (Fsp3) is 0.550. The summed E-state index contributed by atoms with van der Waals surface area (Å²) in [5.74, 6) is -0.197. The highest BCUT2D eigenvalue weighted by Gasteiger charge is 2.23. The fourth-order valence-electron chi connectivity index (χ4n) is 3.77. The van der Waals surface area contributed by atoms with Gasteiger partial charge in [0.15, 0.2) is 0 Å². The van der Waals surface area contributed by atoms with Gasteiger partial charge in [-0.05, 0) is 43.5 Å². The Hall–Kier alpha value is -2.37. The van der Waals surface area contributed by atoms with E-state index in [2.05, 4.69) is 5.32 Å². The maximum atomic E-state index is 12.3. The van der Waals surface area contributed by atoms with Crippen LogP contribution in [0.15, 0.2) is 24.3 Å². The first-order chi connectivity index (χ1) is 12.6. The molecule has 0 atom stereocenters. The van der Waals surface area contributed by atoms with E-state index in [-0.39, 0.29) is 24.3 Å². The molecule has 140 valence electrons. The van der Waals surface area contributed by atoms with Crippen molar-refractivity contribution in [2.45, 2.75) is 51.0 Å². The topological polar surface area (TPSA) is 69.7 Å². The molecule has 0 aromatic heterocycles. The molecule has 0 radical (unpaired) electrons. The van der Waals surface area contributed by atoms with Crippen molar-refractivity contribution in [1.82, 2.24) is 10.2 Å². The number of nitrogens with zero attached hydrogens (tertiary/aromatic N) is 2. The zero-order valence-corrected chi connectivity index (χ0v) is 15.4. The van der Waals surface area contributed by atoms with Gasteiger partial charge < -0.3 is 15.1 Å². The minimum absolute atomic E-state index is 0.0121. The predicted octanol–water partition coefficient (Wildman–Crippen LogP) is 2.33. The van der Waals surface area contributed by atoms with Gasteiger partial charge in [-0.1, -0.05) is 19.3 Å². The summed E-state index contributed by atoms with van der Waals surface area (Å²) in [6, 6.07) is 7.27. The van der Waals surface area contributed by atoms with Gasteiger partial charge in [0.05, 0.1) is 6.54 Å². The van der Waals surface area contributed by atoms with Gasteiger partial charge in [0.25, 0.3) is 5.91 Å². The van der Waals surface area contributed by atoms with E-state index < -0.39 is 0 Å². The maximum absolute atomic E-state index is 12.3. The highest BCUT2D eigenvalue weighted by Crippen LogP contribution is 2.22. The number of rotatable bonds is 5. The van der Waals surface area contributed by atoms with Crippen molar-refractivity contribution in [1.29, 1.82) is 0 Å². The fourth-order valence-corrected chi connectivity index (χ4v) is 3.77. The van der Waals surface area contributed by atoms with Gasteiger partial charge in [-0.3, -0.25) is 14.4 Å². The number of amides is 3. The summed E-state index contributed by atoms with van der Waals surface area (Å²) < 4.78 is 0. The van der Waals surface area contributed by atoms with E-state index in [4.69, 9.17) is 0 Å². The lowest BCUT2D eigenvalue weighted by Gasteiger charge is -2.31. The van der Waals surface area contributed by atoms with Crippen molar-refractivity contribution >= 4 is 23.4 Å². The first-order valence-corrected chi connectivity index (χ1v) is 9.50. The van der Waals surface area contributed by atoms with Crippen molar-refractivity contribution in [2.24, 2.45) is 0 Å². The molecule has 1 saturated carbocycles. The van der Waals surface area contributed by atoms with E-state index in [9.17, 15) is 14.4 Å². The number of nitrogens with one attached hydrogen (secondary N) is 1. The number of hydrogen-bond donors (Lipinski definition) is 1. The monoisotopic (exact) mass is 357 g/mol. The Labute approximate surface area is 154 Å². The van der Waals surface area contributed by atoms with Gasteiger partial charge in [-0.2, -0.15) is 0 Å². The largest absolute Gasteiger partial charge is 0.343 e. The molecule has 1 N–H and O–H groups in total. The SMILES string of the molecule is CN(C(=O)CNC(=O)c1ccc(N2CCCC2=O)cc1)C1CCCCC1. The highest BCUT2D eigenvalue weighted by atomic mass is 16.2. The number of anilines is 1. The van der Waals surface area contributed by atoms with Crippen LogP contribution in [-0.2, 0) is 9.59 Å². The molecular weight excluding hydrogens is 330 g/mol. The lowest BCUT2D eigenvalue weighted by molar-refractivity contribution is -0.131. The molecule has 1 aliphatic heterocycles. The molecular formula is C20H27N3O3. The lowest BCUT2D eigenvalue weighted by Crippen LogP contribution is -2.44. The molecule has 3 amide bonds. The molecule has 26 heavy (non-hydrogen) atoms. The summed E-state index contributed by atoms with van der Waals surface area (Å²) in [4.78, 5) is 39.9. The Morgan fingerprint density at radius 2 is 1.81 bits per heavy atom. The molecule has 6 nitrogen and oxygen atoms in total. The van der Waals surface area contributed by atoms with Crippen molar-refractivity contribution in [3.63, 3.8) is 0 Å². The summed E-state index contributed by atoms with van der Waals surface area (Å²) in [6.07, 6.45) is 7.13. The second kappa shape index (κ2) is 8.34. The second-order valence-corrected chi connectivity index (χ2v) is 7.17. The molecule has 6 heteroatoms. The second-order valence-electron chi connectivity index (χ2n) is 7.17. The van der Waals surface area contributed by atoms with Crippen molar-refractivity contribution < 1.29 is 14.4 Å². The lowest BCUT2D eigenvalue weighted by atomic mass is 9.94. The summed E-state index contributed by atoms with van der Waals surface area (Å²) >= 11 is 0. The molecule has 1 heterocycles. The van der Waals surface area contributed by atoms with Gasteiger partial charge in [-0.15, -0.1) is 0 Å². The highest BCUT2D eigenvalue weighted by molar-refractivity contribution is 5.98. The Balaban J connectivity index is 1.51. The maximum Gasteiger partial charge on any atom is 0.251 e. The van der Waals surface area contributed by atoms with E-state index in [0.717, 1.165) is 31.5 Å². The quantitative estimate of drug-likeness (QED) is 0.879. The van der Waals surface area contributed by atoms with Crippen LogP contribution in [0.4, 0.5) is 5.69 Å². The van der Waals surface area contributed by atoms with Crippen molar-refractivity contribution in [3.8, 4) is 0 Å². The van der Waals surface area contributed by atoms with Crippen LogP contribution in [0.5, 0.6) is 0 Å². The van der Waals surface area contributed by atoms with Crippen molar-refractivity contribution in [2.75, 3.05) is 25.0 Å². The van der Waals surface area contributed by atoms with Gasteiger partial charge in [-0.25, -0.2) is 0 Å². The molecule has 0 bridgehead atoms. The van der Waals surface area contributed by atoms with Gasteiger partial charge in [0.1, 0.15) is 0 Å². The van der Waals surface area contributed by atoms with E-state index in [1.54, 1.807) is 34.1 Å². The van der Waals surface area contributed by atoms with E-state index >= 15 is 0 Å². The van der Waals surface area contributed by atoms with Crippen molar-refractivity contribution in [3.05, 3.63) is 29.8 Å². The molecule has 0 spiro atoms. The standard InChI is InChI=1S/C20H27N3O3/c1-22(16-6-3-2-4-7-16)19(25)14-21-20(26)15-9-11-17(12-10-15)23-13-5-8-18(23)24/h9-12,16H,2-8,13-14H2,1H3,(H,21,26). The Kier molecular flexibility index (Phi) is 5.91. The third-order valence-electron chi connectivity index (χ3n) is 5.43. The molecule has 1 aromatic rings. The molecule has 3 rings (SSSR count). The zero-order valence-electron chi connectivity index (χ0n) is 15.4. The Bertz CT molecular complexity index is 665. The number of hydrogen-bond acceptors (Lipinski definition) is 3. The molecule has 1 aliphatic carbocycles. The number of likely N-dealkylation sites (N-methyl/N-ethyl adjacent to an activating group) is 1. The summed E-state index contributed by atoms with van der Waals surface area (Å²) in [6.45, 7) is 0.741. The smallest absolute Gasteiger partial charge is 0.251 e. The van der Waals surface area contributed by atoms with Crippen LogP contribution in [0, 0.1) is 0 Å². The summed E-state index contributed by atoms with van der Waals surface area (Å²) in [5.41, 5.74) is 1.31. The number of carbonyl (C=O) groups excluding carboxylic acids is 3. The third-order valence-corrected chi connectivity index (χ3v) is 5.43. The molecule has 0 unspecified atom stereocenters. The summed E-state index contributed by atoms with van der Waals surface area (Å²) in [7, 11) is 1.83. The molecule has 1 aromatic carbocycles. The molecule has 2 aliphatic rings. The van der Waals surface area contributed by atoms with Crippen LogP contribution in [-0.4, -0.2) is 48.8 Å². The van der Waals surface area contributed by atoms with Crippen LogP contribution < -0.4 is 10.2 Å². The van der Waals surface area contributed by atoms with Crippen LogP contribution in [0.2, 0.25) is 0 Å². The minimum atomic E-state index is -0.269. The van der Waals surface area contributed by atoms with E-state index in [1.807, 2.05) is 7.05 Å². The van der Waals surface area contributed by atoms with Gasteiger partial charge in [0.2, 0.25) is 11.8 Å². The van der Waals surface area contributed by atoms with Crippen LogP contribution in [0.3, 0.4) is 0 Å². The predicted molar refractivity (Wildman–Crippen MR) is 100 cm³/mol. The number of carbonyl (C=O) groups is 3. The zero-order chi connectivity index (χ0) is 18.5. The first-order valence-electron chi connectivity index (χ1n) is 9.50. The molecule has 2 fully saturated rings. The number of benzene rings is 1. The average molecular weight is 357 g/mol. The van der Waals surface area contributed by atoms with E-state index in [0.29, 0.717) is 18.0 Å². The summed E-state index contributed by atoms with van der Waals surface area (Å²) in [5, 5.41) is 2.71. The van der Waals surface area contributed by atoms with Crippen LogP contribution in [0.1, 0.15) is 55.3 Å².